The van der Waals surface area contributed by atoms with Crippen molar-refractivity contribution in [2.45, 2.75) is 26.8 Å². The van der Waals surface area contributed by atoms with Crippen LogP contribution in [0.15, 0.2) is 60.8 Å². The van der Waals surface area contributed by atoms with Gasteiger partial charge in [0.15, 0.2) is 5.82 Å². The van der Waals surface area contributed by atoms with E-state index in [9.17, 15) is 4.79 Å². The van der Waals surface area contributed by atoms with Gasteiger partial charge in [0.2, 0.25) is 0 Å². The van der Waals surface area contributed by atoms with Gasteiger partial charge in [-0.2, -0.15) is 4.68 Å². The number of rotatable bonds is 6. The quantitative estimate of drug-likeness (QED) is 0.481. The molecule has 2 aromatic heterocycles. The lowest BCUT2D eigenvalue weighted by Gasteiger charge is -2.12. The van der Waals surface area contributed by atoms with Crippen LogP contribution in [-0.4, -0.2) is 31.3 Å². The van der Waals surface area contributed by atoms with Crippen molar-refractivity contribution in [3.8, 4) is 22.6 Å². The highest BCUT2D eigenvalue weighted by Gasteiger charge is 2.13. The number of nitrogens with one attached hydrogen (secondary N) is 1. The molecule has 0 aliphatic carbocycles. The summed E-state index contributed by atoms with van der Waals surface area (Å²) >= 11 is 0. The SMILES string of the molecule is CCc1nnnn1-c1cc(OC(=O)NCc2ccnc(N)c2)cc(-c2ccc(C)cc2)c1. The van der Waals surface area contributed by atoms with Gasteiger partial charge < -0.3 is 15.8 Å². The molecule has 3 N–H and O–H groups in total. The molecule has 1 amide bonds. The van der Waals surface area contributed by atoms with Gasteiger partial charge in [-0.3, -0.25) is 0 Å². The maximum Gasteiger partial charge on any atom is 0.412 e. The second kappa shape index (κ2) is 9.25. The standard InChI is InChI=1S/C23H23N7O2/c1-3-22-27-28-29-30(22)19-11-18(17-6-4-15(2)5-7-17)12-20(13-19)32-23(31)26-14-16-8-9-25-21(24)10-16/h4-13H,3,14H2,1-2H3,(H2,24,25)(H,26,31). The molecule has 0 saturated heterocycles. The summed E-state index contributed by atoms with van der Waals surface area (Å²) in [5.41, 5.74) is 10.2. The molecule has 0 unspecified atom stereocenters. The number of carbonyl (C=O) groups is 1. The first-order valence-electron chi connectivity index (χ1n) is 10.2. The van der Waals surface area contributed by atoms with Gasteiger partial charge in [-0.05, 0) is 58.3 Å². The van der Waals surface area contributed by atoms with Crippen LogP contribution in [0, 0.1) is 6.92 Å². The van der Waals surface area contributed by atoms with Crippen molar-refractivity contribution in [3.05, 3.63) is 77.7 Å². The molecule has 0 atom stereocenters. The number of ether oxygens (including phenoxy) is 1. The molecule has 0 aliphatic rings. The van der Waals surface area contributed by atoms with Crippen LogP contribution in [0.4, 0.5) is 10.6 Å². The van der Waals surface area contributed by atoms with E-state index in [2.05, 4.69) is 25.8 Å². The molecule has 162 valence electrons. The summed E-state index contributed by atoms with van der Waals surface area (Å²) in [6.45, 7) is 4.27. The number of nitrogens with zero attached hydrogens (tertiary/aromatic N) is 5. The molecule has 9 nitrogen and oxygen atoms in total. The van der Waals surface area contributed by atoms with Crippen LogP contribution >= 0.6 is 0 Å². The van der Waals surface area contributed by atoms with Crippen molar-refractivity contribution in [2.24, 2.45) is 0 Å². The fourth-order valence-corrected chi connectivity index (χ4v) is 3.23. The van der Waals surface area contributed by atoms with Crippen LogP contribution in [0.5, 0.6) is 5.75 Å². The van der Waals surface area contributed by atoms with E-state index in [1.807, 2.05) is 50.2 Å². The Morgan fingerprint density at radius 2 is 1.91 bits per heavy atom. The zero-order chi connectivity index (χ0) is 22.5. The second-order valence-electron chi connectivity index (χ2n) is 7.27. The minimum absolute atomic E-state index is 0.267. The first kappa shape index (κ1) is 21.0. The van der Waals surface area contributed by atoms with Gasteiger partial charge in [0, 0.05) is 25.2 Å². The smallest absolute Gasteiger partial charge is 0.410 e. The van der Waals surface area contributed by atoms with Gasteiger partial charge >= 0.3 is 6.09 Å². The summed E-state index contributed by atoms with van der Waals surface area (Å²) in [4.78, 5) is 16.4. The number of pyridine rings is 1. The topological polar surface area (TPSA) is 121 Å². The molecule has 0 aliphatic heterocycles. The Morgan fingerprint density at radius 1 is 1.09 bits per heavy atom. The number of aromatic nitrogens is 5. The summed E-state index contributed by atoms with van der Waals surface area (Å²) < 4.78 is 7.23. The summed E-state index contributed by atoms with van der Waals surface area (Å²) in [6.07, 6.45) is 1.67. The monoisotopic (exact) mass is 429 g/mol. The number of nitrogens with two attached hydrogens (primary N) is 1. The lowest BCUT2D eigenvalue weighted by molar-refractivity contribution is 0.200. The van der Waals surface area contributed by atoms with E-state index in [-0.39, 0.29) is 6.54 Å². The van der Waals surface area contributed by atoms with E-state index in [0.29, 0.717) is 29.5 Å². The van der Waals surface area contributed by atoms with Crippen molar-refractivity contribution in [1.82, 2.24) is 30.5 Å². The molecule has 0 bridgehead atoms. The largest absolute Gasteiger partial charge is 0.412 e. The van der Waals surface area contributed by atoms with Crippen LogP contribution < -0.4 is 15.8 Å². The highest BCUT2D eigenvalue weighted by Crippen LogP contribution is 2.28. The third-order valence-electron chi connectivity index (χ3n) is 4.86. The van der Waals surface area contributed by atoms with Gasteiger partial charge in [0.25, 0.3) is 0 Å². The Bertz CT molecular complexity index is 1240. The Kier molecular flexibility index (Phi) is 6.07. The van der Waals surface area contributed by atoms with Crippen molar-refractivity contribution < 1.29 is 9.53 Å². The highest BCUT2D eigenvalue weighted by molar-refractivity contribution is 5.73. The number of carbonyl (C=O) groups excluding carboxylic acids is 1. The number of anilines is 1. The molecule has 4 aromatic rings. The fraction of sp³-hybridized carbons (Fsp3) is 0.174. The number of hydrogen-bond donors (Lipinski definition) is 2. The van der Waals surface area contributed by atoms with Crippen LogP contribution in [-0.2, 0) is 13.0 Å². The predicted molar refractivity (Wildman–Crippen MR) is 120 cm³/mol. The van der Waals surface area contributed by atoms with E-state index in [1.54, 1.807) is 29.1 Å². The molecular weight excluding hydrogens is 406 g/mol. The van der Waals surface area contributed by atoms with Crippen molar-refractivity contribution in [1.29, 1.82) is 0 Å². The fourth-order valence-electron chi connectivity index (χ4n) is 3.23. The molecule has 0 fully saturated rings. The third kappa shape index (κ3) is 4.89. The third-order valence-corrected chi connectivity index (χ3v) is 4.86. The van der Waals surface area contributed by atoms with Crippen LogP contribution in [0.25, 0.3) is 16.8 Å². The lowest BCUT2D eigenvalue weighted by atomic mass is 10.0. The van der Waals surface area contributed by atoms with Crippen LogP contribution in [0.1, 0.15) is 23.9 Å². The summed E-state index contributed by atoms with van der Waals surface area (Å²) in [6, 6.07) is 17.1. The number of tetrazole rings is 1. The van der Waals surface area contributed by atoms with Crippen molar-refractivity contribution in [3.63, 3.8) is 0 Å². The van der Waals surface area contributed by atoms with Crippen molar-refractivity contribution >= 4 is 11.9 Å². The summed E-state index contributed by atoms with van der Waals surface area (Å²) in [5, 5.41) is 14.6. The number of nitrogen functional groups attached to an aromatic ring is 1. The first-order valence-corrected chi connectivity index (χ1v) is 10.2. The highest BCUT2D eigenvalue weighted by atomic mass is 16.6. The van der Waals surface area contributed by atoms with Gasteiger partial charge in [-0.15, -0.1) is 5.10 Å². The second-order valence-corrected chi connectivity index (χ2v) is 7.27. The lowest BCUT2D eigenvalue weighted by Crippen LogP contribution is -2.26. The van der Waals surface area contributed by atoms with Gasteiger partial charge in [-0.1, -0.05) is 36.8 Å². The average Bonchev–Trinajstić information content (AvgIpc) is 3.27. The maximum absolute atomic E-state index is 12.5. The van der Waals surface area contributed by atoms with Crippen LogP contribution in [0.2, 0.25) is 0 Å². The number of benzene rings is 2. The molecule has 2 heterocycles. The average molecular weight is 429 g/mol. The van der Waals surface area contributed by atoms with E-state index < -0.39 is 6.09 Å². The van der Waals surface area contributed by atoms with E-state index in [1.165, 1.54) is 0 Å². The van der Waals surface area contributed by atoms with Gasteiger partial charge in [-0.25, -0.2) is 9.78 Å². The molecule has 32 heavy (non-hydrogen) atoms. The Balaban J connectivity index is 1.61. The first-order chi connectivity index (χ1) is 15.5. The Labute approximate surface area is 185 Å². The molecule has 0 spiro atoms. The normalized spacial score (nSPS) is 10.7. The minimum atomic E-state index is -0.583. The molecule has 2 aromatic carbocycles. The summed E-state index contributed by atoms with van der Waals surface area (Å²) in [5.74, 6) is 1.47. The zero-order valence-electron chi connectivity index (χ0n) is 17.8. The van der Waals surface area contributed by atoms with E-state index >= 15 is 0 Å². The Hall–Kier alpha value is -4.27. The van der Waals surface area contributed by atoms with E-state index in [4.69, 9.17) is 10.5 Å². The number of hydrogen-bond acceptors (Lipinski definition) is 7. The number of aryl methyl sites for hydroxylation is 2. The van der Waals surface area contributed by atoms with Crippen LogP contribution in [0.3, 0.4) is 0 Å². The maximum atomic E-state index is 12.5. The Morgan fingerprint density at radius 3 is 2.66 bits per heavy atom. The van der Waals surface area contributed by atoms with Crippen molar-refractivity contribution in [2.75, 3.05) is 5.73 Å². The molecule has 0 radical (unpaired) electrons. The molecule has 0 saturated carbocycles. The molecule has 4 rings (SSSR count). The molecular formula is C23H23N7O2. The van der Waals surface area contributed by atoms with E-state index in [0.717, 1.165) is 22.3 Å². The molecule has 9 heteroatoms. The zero-order valence-corrected chi connectivity index (χ0v) is 17.8. The van der Waals surface area contributed by atoms with Gasteiger partial charge in [0.05, 0.1) is 5.69 Å². The minimum Gasteiger partial charge on any atom is -0.410 e. The van der Waals surface area contributed by atoms with Gasteiger partial charge in [0.1, 0.15) is 11.6 Å². The number of amides is 1. The predicted octanol–water partition coefficient (Wildman–Crippen LogP) is 3.47. The summed E-state index contributed by atoms with van der Waals surface area (Å²) in [7, 11) is 0.